The highest BCUT2D eigenvalue weighted by Crippen LogP contribution is 2.30. The van der Waals surface area contributed by atoms with E-state index in [0.29, 0.717) is 36.1 Å². The molecule has 0 bridgehead atoms. The Labute approximate surface area is 184 Å². The van der Waals surface area contributed by atoms with E-state index in [-0.39, 0.29) is 11.8 Å². The van der Waals surface area contributed by atoms with Gasteiger partial charge in [-0.3, -0.25) is 9.59 Å². The van der Waals surface area contributed by atoms with Crippen LogP contribution in [0.2, 0.25) is 5.02 Å². The highest BCUT2D eigenvalue weighted by Gasteiger charge is 2.24. The third-order valence-corrected chi connectivity index (χ3v) is 5.77. The number of piperazine rings is 1. The Morgan fingerprint density at radius 1 is 1.07 bits per heavy atom. The van der Waals surface area contributed by atoms with E-state index in [2.05, 4.69) is 24.1 Å². The number of halogens is 1. The molecule has 160 valence electrons. The van der Waals surface area contributed by atoms with Gasteiger partial charge in [0.1, 0.15) is 0 Å². The molecule has 0 aromatic heterocycles. The molecule has 2 amide bonds. The fourth-order valence-corrected chi connectivity index (χ4v) is 3.92. The van der Waals surface area contributed by atoms with Gasteiger partial charge in [-0.15, -0.1) is 0 Å². The van der Waals surface area contributed by atoms with Crippen molar-refractivity contribution in [3.05, 3.63) is 58.6 Å². The second-order valence-corrected chi connectivity index (χ2v) is 8.65. The normalized spacial score (nSPS) is 14.2. The number of nitrogens with zero attached hydrogens (tertiary/aromatic N) is 2. The van der Waals surface area contributed by atoms with Gasteiger partial charge in [-0.2, -0.15) is 0 Å². The lowest BCUT2D eigenvalue weighted by molar-refractivity contribution is -0.116. The van der Waals surface area contributed by atoms with Crippen molar-refractivity contribution >= 4 is 34.8 Å². The van der Waals surface area contributed by atoms with E-state index in [1.807, 2.05) is 48.2 Å². The van der Waals surface area contributed by atoms with Crippen molar-refractivity contribution in [3.8, 4) is 0 Å². The van der Waals surface area contributed by atoms with Crippen molar-refractivity contribution in [2.75, 3.05) is 36.4 Å². The standard InChI is InChI=1S/C24H30ClN3O2/c1-17(2)8-11-23(29)26-19-9-10-22(21(25)16-19)27-12-14-28(15-13-27)24(30)20-7-5-4-6-18(20)3/h4-7,9-10,16-17H,8,11-15H2,1-3H3,(H,26,29). The van der Waals surface area contributed by atoms with Gasteiger partial charge in [-0.1, -0.05) is 43.6 Å². The van der Waals surface area contributed by atoms with Gasteiger partial charge < -0.3 is 15.1 Å². The summed E-state index contributed by atoms with van der Waals surface area (Å²) in [5.74, 6) is 0.590. The predicted molar refractivity (Wildman–Crippen MR) is 123 cm³/mol. The van der Waals surface area contributed by atoms with Gasteiger partial charge in [-0.25, -0.2) is 0 Å². The molecule has 1 aliphatic rings. The number of hydrogen-bond donors (Lipinski definition) is 1. The van der Waals surface area contributed by atoms with Crippen LogP contribution in [0.15, 0.2) is 42.5 Å². The van der Waals surface area contributed by atoms with Crippen LogP contribution in [0.25, 0.3) is 0 Å². The van der Waals surface area contributed by atoms with Crippen molar-refractivity contribution in [2.45, 2.75) is 33.6 Å². The molecule has 1 N–H and O–H groups in total. The van der Waals surface area contributed by atoms with Crippen molar-refractivity contribution in [2.24, 2.45) is 5.92 Å². The van der Waals surface area contributed by atoms with E-state index < -0.39 is 0 Å². The Morgan fingerprint density at radius 3 is 2.40 bits per heavy atom. The fraction of sp³-hybridized carbons (Fsp3) is 0.417. The van der Waals surface area contributed by atoms with E-state index in [1.165, 1.54) is 0 Å². The van der Waals surface area contributed by atoms with Gasteiger partial charge in [0.05, 0.1) is 10.7 Å². The Hall–Kier alpha value is -2.53. The highest BCUT2D eigenvalue weighted by molar-refractivity contribution is 6.33. The minimum Gasteiger partial charge on any atom is -0.367 e. The van der Waals surface area contributed by atoms with Crippen LogP contribution in [0.4, 0.5) is 11.4 Å². The molecule has 1 saturated heterocycles. The van der Waals surface area contributed by atoms with Crippen molar-refractivity contribution in [1.29, 1.82) is 0 Å². The molecule has 2 aromatic carbocycles. The Kier molecular flexibility index (Phi) is 7.38. The molecule has 6 heteroatoms. The maximum absolute atomic E-state index is 12.8. The van der Waals surface area contributed by atoms with Crippen LogP contribution in [0.5, 0.6) is 0 Å². The number of benzene rings is 2. The molecule has 0 aliphatic carbocycles. The molecule has 0 spiro atoms. The second kappa shape index (κ2) is 9.98. The van der Waals surface area contributed by atoms with E-state index >= 15 is 0 Å². The average Bonchev–Trinajstić information content (AvgIpc) is 2.72. The third kappa shape index (κ3) is 5.54. The SMILES string of the molecule is Cc1ccccc1C(=O)N1CCN(c2ccc(NC(=O)CCC(C)C)cc2Cl)CC1. The zero-order valence-corrected chi connectivity index (χ0v) is 18.7. The van der Waals surface area contributed by atoms with Gasteiger partial charge in [0.25, 0.3) is 5.91 Å². The van der Waals surface area contributed by atoms with Gasteiger partial charge in [0.15, 0.2) is 0 Å². The molecule has 1 fully saturated rings. The van der Waals surface area contributed by atoms with Crippen molar-refractivity contribution < 1.29 is 9.59 Å². The lowest BCUT2D eigenvalue weighted by Gasteiger charge is -2.36. The summed E-state index contributed by atoms with van der Waals surface area (Å²) in [6.07, 6.45) is 1.37. The van der Waals surface area contributed by atoms with Gasteiger partial charge >= 0.3 is 0 Å². The molecule has 1 heterocycles. The van der Waals surface area contributed by atoms with Gasteiger partial charge in [0, 0.05) is 43.9 Å². The van der Waals surface area contributed by atoms with Crippen LogP contribution in [0.1, 0.15) is 42.6 Å². The van der Waals surface area contributed by atoms with E-state index in [9.17, 15) is 9.59 Å². The second-order valence-electron chi connectivity index (χ2n) is 8.24. The fourth-order valence-electron chi connectivity index (χ4n) is 3.62. The summed E-state index contributed by atoms with van der Waals surface area (Å²) < 4.78 is 0. The van der Waals surface area contributed by atoms with E-state index in [4.69, 9.17) is 11.6 Å². The number of amides is 2. The first-order valence-electron chi connectivity index (χ1n) is 10.5. The molecule has 5 nitrogen and oxygen atoms in total. The minimum absolute atomic E-state index is 0.0100. The Morgan fingerprint density at radius 2 is 1.77 bits per heavy atom. The largest absolute Gasteiger partial charge is 0.367 e. The summed E-state index contributed by atoms with van der Waals surface area (Å²) in [6.45, 7) is 8.91. The van der Waals surface area contributed by atoms with Crippen LogP contribution in [0.3, 0.4) is 0 Å². The highest BCUT2D eigenvalue weighted by atomic mass is 35.5. The first kappa shape index (κ1) is 22.2. The minimum atomic E-state index is 0.0100. The smallest absolute Gasteiger partial charge is 0.254 e. The maximum atomic E-state index is 12.8. The van der Waals surface area contributed by atoms with E-state index in [0.717, 1.165) is 36.3 Å². The van der Waals surface area contributed by atoms with Crippen LogP contribution < -0.4 is 10.2 Å². The molecule has 30 heavy (non-hydrogen) atoms. The van der Waals surface area contributed by atoms with Gasteiger partial charge in [0.2, 0.25) is 5.91 Å². The predicted octanol–water partition coefficient (Wildman–Crippen LogP) is 4.99. The molecule has 0 radical (unpaired) electrons. The molecular weight excluding hydrogens is 398 g/mol. The van der Waals surface area contributed by atoms with Crippen molar-refractivity contribution in [3.63, 3.8) is 0 Å². The van der Waals surface area contributed by atoms with Crippen LogP contribution in [-0.2, 0) is 4.79 Å². The molecule has 0 atom stereocenters. The molecule has 2 aromatic rings. The monoisotopic (exact) mass is 427 g/mol. The number of aryl methyl sites for hydroxylation is 1. The lowest BCUT2D eigenvalue weighted by atomic mass is 10.1. The summed E-state index contributed by atoms with van der Waals surface area (Å²) >= 11 is 6.52. The number of rotatable bonds is 6. The van der Waals surface area contributed by atoms with E-state index in [1.54, 1.807) is 6.07 Å². The number of nitrogens with one attached hydrogen (secondary N) is 1. The molecule has 0 unspecified atom stereocenters. The first-order valence-corrected chi connectivity index (χ1v) is 10.9. The first-order chi connectivity index (χ1) is 14.3. The van der Waals surface area contributed by atoms with Gasteiger partial charge in [-0.05, 0) is 49.1 Å². The topological polar surface area (TPSA) is 52.7 Å². The van der Waals surface area contributed by atoms with Crippen LogP contribution in [0, 0.1) is 12.8 Å². The van der Waals surface area contributed by atoms with Crippen LogP contribution in [-0.4, -0.2) is 42.9 Å². The Bertz CT molecular complexity index is 905. The molecular formula is C24H30ClN3O2. The zero-order chi connectivity index (χ0) is 21.7. The van der Waals surface area contributed by atoms with Crippen LogP contribution >= 0.6 is 11.6 Å². The molecule has 0 saturated carbocycles. The average molecular weight is 428 g/mol. The number of carbonyl (C=O) groups is 2. The quantitative estimate of drug-likeness (QED) is 0.706. The molecule has 1 aliphatic heterocycles. The Balaban J connectivity index is 1.58. The summed E-state index contributed by atoms with van der Waals surface area (Å²) in [5, 5.41) is 3.53. The zero-order valence-electron chi connectivity index (χ0n) is 18.0. The lowest BCUT2D eigenvalue weighted by Crippen LogP contribution is -2.49. The summed E-state index contributed by atoms with van der Waals surface area (Å²) in [4.78, 5) is 29.0. The maximum Gasteiger partial charge on any atom is 0.254 e. The summed E-state index contributed by atoms with van der Waals surface area (Å²) in [5.41, 5.74) is 3.41. The number of hydrogen-bond acceptors (Lipinski definition) is 3. The number of anilines is 2. The summed E-state index contributed by atoms with van der Waals surface area (Å²) in [7, 11) is 0. The third-order valence-electron chi connectivity index (χ3n) is 5.46. The molecule has 3 rings (SSSR count). The number of carbonyl (C=O) groups excluding carboxylic acids is 2. The summed E-state index contributed by atoms with van der Waals surface area (Å²) in [6, 6.07) is 13.3. The van der Waals surface area contributed by atoms with Crippen molar-refractivity contribution in [1.82, 2.24) is 4.90 Å².